The fraction of sp³-hybridized carbons (Fsp3) is 0.200. The van der Waals surface area contributed by atoms with E-state index in [2.05, 4.69) is 11.8 Å². The quantitative estimate of drug-likeness (QED) is 0.662. The summed E-state index contributed by atoms with van der Waals surface area (Å²) in [6.07, 6.45) is 0. The van der Waals surface area contributed by atoms with Gasteiger partial charge in [0.05, 0.1) is 0 Å². The molecule has 2 aromatic rings. The van der Waals surface area contributed by atoms with Crippen LogP contribution in [0.25, 0.3) is 10.8 Å². The van der Waals surface area contributed by atoms with Crippen molar-refractivity contribution in [2.75, 3.05) is 20.5 Å². The number of benzene rings is 2. The van der Waals surface area contributed by atoms with Crippen LogP contribution in [0.4, 0.5) is 0 Å². The van der Waals surface area contributed by atoms with E-state index in [9.17, 15) is 0 Å². The Balaban J connectivity index is 2.56. The molecule has 0 spiro atoms. The molecule has 0 aliphatic heterocycles. The largest absolute Gasteiger partial charge is 0.467 e. The highest BCUT2D eigenvalue weighted by molar-refractivity contribution is 5.93. The second-order valence-corrected chi connectivity index (χ2v) is 3.67. The fourth-order valence-electron chi connectivity index (χ4n) is 1.79. The van der Waals surface area contributed by atoms with Gasteiger partial charge in [0, 0.05) is 18.1 Å². The van der Waals surface area contributed by atoms with Crippen LogP contribution in [0.15, 0.2) is 36.4 Å². The minimum Gasteiger partial charge on any atom is -0.467 e. The number of aliphatic hydroxyl groups excluding tert-OH is 1. The van der Waals surface area contributed by atoms with Gasteiger partial charge in [-0.25, -0.2) is 0 Å². The average Bonchev–Trinajstić information content (AvgIpc) is 2.42. The molecular weight excluding hydrogens is 228 g/mol. The maximum atomic E-state index is 8.79. The monoisotopic (exact) mass is 242 g/mol. The molecule has 1 N–H and O–H groups in total. The predicted molar refractivity (Wildman–Crippen MR) is 70.4 cm³/mol. The summed E-state index contributed by atoms with van der Waals surface area (Å²) >= 11 is 0. The van der Waals surface area contributed by atoms with E-state index in [1.807, 2.05) is 36.4 Å². The summed E-state index contributed by atoms with van der Waals surface area (Å²) < 4.78 is 10.5. The lowest BCUT2D eigenvalue weighted by Crippen LogP contribution is -1.99. The normalized spacial score (nSPS) is 9.89. The molecule has 0 unspecified atom stereocenters. The smallest absolute Gasteiger partial charge is 0.188 e. The van der Waals surface area contributed by atoms with E-state index in [0.717, 1.165) is 22.1 Å². The fourth-order valence-corrected chi connectivity index (χ4v) is 1.79. The van der Waals surface area contributed by atoms with Crippen LogP contribution in [-0.2, 0) is 4.74 Å². The van der Waals surface area contributed by atoms with E-state index < -0.39 is 0 Å². The van der Waals surface area contributed by atoms with Crippen LogP contribution in [0.3, 0.4) is 0 Å². The second kappa shape index (κ2) is 6.06. The third-order valence-corrected chi connectivity index (χ3v) is 2.50. The summed E-state index contributed by atoms with van der Waals surface area (Å²) in [7, 11) is 1.58. The van der Waals surface area contributed by atoms with Crippen molar-refractivity contribution in [1.29, 1.82) is 0 Å². The van der Waals surface area contributed by atoms with Crippen molar-refractivity contribution in [3.8, 4) is 17.6 Å². The van der Waals surface area contributed by atoms with Crippen LogP contribution < -0.4 is 4.74 Å². The number of rotatable bonds is 3. The molecule has 2 aromatic carbocycles. The number of aliphatic hydroxyl groups is 1. The van der Waals surface area contributed by atoms with Crippen molar-refractivity contribution in [3.05, 3.63) is 42.0 Å². The summed E-state index contributed by atoms with van der Waals surface area (Å²) in [5, 5.41) is 10.8. The molecular formula is C15H14O3. The summed E-state index contributed by atoms with van der Waals surface area (Å²) in [6, 6.07) is 11.6. The number of methoxy groups -OCH3 is 1. The van der Waals surface area contributed by atoms with Gasteiger partial charge in [-0.1, -0.05) is 36.1 Å². The summed E-state index contributed by atoms with van der Waals surface area (Å²) in [6.45, 7) is 0.0400. The summed E-state index contributed by atoms with van der Waals surface area (Å²) in [5.74, 6) is 6.33. The van der Waals surface area contributed by atoms with Crippen molar-refractivity contribution in [1.82, 2.24) is 0 Å². The first-order chi connectivity index (χ1) is 8.86. The van der Waals surface area contributed by atoms with Crippen LogP contribution in [0.1, 0.15) is 5.56 Å². The Morgan fingerprint density at radius 1 is 1.17 bits per heavy atom. The zero-order valence-electron chi connectivity index (χ0n) is 10.1. The highest BCUT2D eigenvalue weighted by atomic mass is 16.7. The SMILES string of the molecule is COCOc1cccc2cccc(C#CCO)c12. The van der Waals surface area contributed by atoms with E-state index in [4.69, 9.17) is 14.6 Å². The van der Waals surface area contributed by atoms with Crippen LogP contribution in [0.5, 0.6) is 5.75 Å². The molecule has 18 heavy (non-hydrogen) atoms. The van der Waals surface area contributed by atoms with Gasteiger partial charge in [-0.3, -0.25) is 0 Å². The first kappa shape index (κ1) is 12.4. The predicted octanol–water partition coefficient (Wildman–Crippen LogP) is 2.17. The van der Waals surface area contributed by atoms with E-state index in [0.29, 0.717) is 0 Å². The summed E-state index contributed by atoms with van der Waals surface area (Å²) in [5.41, 5.74) is 0.841. The van der Waals surface area contributed by atoms with Gasteiger partial charge >= 0.3 is 0 Å². The molecule has 92 valence electrons. The lowest BCUT2D eigenvalue weighted by Gasteiger charge is -2.09. The van der Waals surface area contributed by atoms with Crippen molar-refractivity contribution >= 4 is 10.8 Å². The number of ether oxygens (including phenoxy) is 2. The molecule has 0 saturated heterocycles. The molecule has 0 bridgehead atoms. The number of hydrogen-bond acceptors (Lipinski definition) is 3. The average molecular weight is 242 g/mol. The highest BCUT2D eigenvalue weighted by Crippen LogP contribution is 2.28. The maximum absolute atomic E-state index is 8.79. The zero-order chi connectivity index (χ0) is 12.8. The van der Waals surface area contributed by atoms with Crippen molar-refractivity contribution in [3.63, 3.8) is 0 Å². The first-order valence-corrected chi connectivity index (χ1v) is 5.60. The lowest BCUT2D eigenvalue weighted by molar-refractivity contribution is 0.0522. The minimum absolute atomic E-state index is 0.155. The molecule has 0 saturated carbocycles. The molecule has 0 aromatic heterocycles. The van der Waals surface area contributed by atoms with Gasteiger partial charge in [-0.15, -0.1) is 0 Å². The van der Waals surface area contributed by atoms with Crippen LogP contribution in [-0.4, -0.2) is 25.6 Å². The molecule has 0 fully saturated rings. The van der Waals surface area contributed by atoms with Crippen LogP contribution >= 0.6 is 0 Å². The highest BCUT2D eigenvalue weighted by Gasteiger charge is 2.05. The van der Waals surface area contributed by atoms with Gasteiger partial charge in [0.25, 0.3) is 0 Å². The number of fused-ring (bicyclic) bond motifs is 1. The molecule has 3 nitrogen and oxygen atoms in total. The molecule has 0 radical (unpaired) electrons. The molecule has 0 aliphatic rings. The topological polar surface area (TPSA) is 38.7 Å². The van der Waals surface area contributed by atoms with E-state index in [-0.39, 0.29) is 13.4 Å². The standard InChI is InChI=1S/C15H14O3/c1-17-11-18-14-9-3-7-12-5-2-6-13(15(12)14)8-4-10-16/h2-3,5-7,9,16H,10-11H2,1H3. The first-order valence-electron chi connectivity index (χ1n) is 5.60. The van der Waals surface area contributed by atoms with E-state index in [1.54, 1.807) is 7.11 Å². The zero-order valence-corrected chi connectivity index (χ0v) is 10.1. The molecule has 2 rings (SSSR count). The molecule has 0 heterocycles. The summed E-state index contributed by atoms with van der Waals surface area (Å²) in [4.78, 5) is 0. The third-order valence-electron chi connectivity index (χ3n) is 2.50. The molecule has 0 amide bonds. The van der Waals surface area contributed by atoms with Gasteiger partial charge in [-0.05, 0) is 17.5 Å². The Kier molecular flexibility index (Phi) is 4.19. The third kappa shape index (κ3) is 2.62. The minimum atomic E-state index is -0.155. The second-order valence-electron chi connectivity index (χ2n) is 3.67. The van der Waals surface area contributed by atoms with Gasteiger partial charge in [-0.2, -0.15) is 0 Å². The van der Waals surface area contributed by atoms with E-state index >= 15 is 0 Å². The van der Waals surface area contributed by atoms with Gasteiger partial charge in [0.2, 0.25) is 0 Å². The molecule has 3 heteroatoms. The Morgan fingerprint density at radius 2 is 1.94 bits per heavy atom. The van der Waals surface area contributed by atoms with Crippen LogP contribution in [0, 0.1) is 11.8 Å². The van der Waals surface area contributed by atoms with Crippen molar-refractivity contribution in [2.24, 2.45) is 0 Å². The molecule has 0 aliphatic carbocycles. The maximum Gasteiger partial charge on any atom is 0.188 e. The van der Waals surface area contributed by atoms with Crippen molar-refractivity contribution < 1.29 is 14.6 Å². The van der Waals surface area contributed by atoms with Gasteiger partial charge in [0.1, 0.15) is 12.4 Å². The Hall–Kier alpha value is -2.02. The van der Waals surface area contributed by atoms with Crippen molar-refractivity contribution in [2.45, 2.75) is 0 Å². The molecule has 0 atom stereocenters. The van der Waals surface area contributed by atoms with E-state index in [1.165, 1.54) is 0 Å². The Bertz CT molecular complexity index is 588. The van der Waals surface area contributed by atoms with Gasteiger partial charge in [0.15, 0.2) is 6.79 Å². The number of hydrogen-bond donors (Lipinski definition) is 1. The Morgan fingerprint density at radius 3 is 2.67 bits per heavy atom. The lowest BCUT2D eigenvalue weighted by atomic mass is 10.0. The Labute approximate surface area is 106 Å². The van der Waals surface area contributed by atoms with Crippen LogP contribution in [0.2, 0.25) is 0 Å². The van der Waals surface area contributed by atoms with Gasteiger partial charge < -0.3 is 14.6 Å².